The van der Waals surface area contributed by atoms with Gasteiger partial charge in [-0.05, 0) is 50.2 Å². The summed E-state index contributed by atoms with van der Waals surface area (Å²) in [4.78, 5) is 28.6. The number of H-pyrrole nitrogens is 1. The number of hydrogen-bond acceptors (Lipinski definition) is 4. The van der Waals surface area contributed by atoms with Crippen LogP contribution in [0.25, 0.3) is 0 Å². The van der Waals surface area contributed by atoms with Crippen LogP contribution in [-0.4, -0.2) is 35.4 Å². The van der Waals surface area contributed by atoms with Gasteiger partial charge in [-0.2, -0.15) is 0 Å². The fourth-order valence-electron chi connectivity index (χ4n) is 2.83. The number of nitrogens with one attached hydrogen (secondary N) is 2. The van der Waals surface area contributed by atoms with Crippen LogP contribution < -0.4 is 10.9 Å². The van der Waals surface area contributed by atoms with Crippen molar-refractivity contribution in [3.8, 4) is 0 Å². The Bertz CT molecular complexity index is 672. The zero-order valence-corrected chi connectivity index (χ0v) is 12.2. The predicted molar refractivity (Wildman–Crippen MR) is 81.7 cm³/mol. The molecule has 3 heterocycles. The molecule has 6 nitrogen and oxygen atoms in total. The first-order valence-electron chi connectivity index (χ1n) is 7.49. The van der Waals surface area contributed by atoms with E-state index < -0.39 is 0 Å². The molecule has 1 amide bonds. The zero-order valence-electron chi connectivity index (χ0n) is 12.2. The van der Waals surface area contributed by atoms with Crippen LogP contribution in [0.5, 0.6) is 0 Å². The van der Waals surface area contributed by atoms with Gasteiger partial charge in [0.1, 0.15) is 11.3 Å². The van der Waals surface area contributed by atoms with E-state index in [0.29, 0.717) is 6.54 Å². The predicted octanol–water partition coefficient (Wildman–Crippen LogP) is 1.53. The average molecular weight is 301 g/mol. The Morgan fingerprint density at radius 3 is 2.82 bits per heavy atom. The first-order valence-corrected chi connectivity index (χ1v) is 7.49. The maximum Gasteiger partial charge on any atom is 0.260 e. The molecule has 6 heteroatoms. The fraction of sp³-hybridized carbons (Fsp3) is 0.375. The highest BCUT2D eigenvalue weighted by molar-refractivity contribution is 5.93. The maximum absolute atomic E-state index is 12.2. The molecule has 1 aliphatic rings. The van der Waals surface area contributed by atoms with Gasteiger partial charge >= 0.3 is 0 Å². The molecule has 0 spiro atoms. The van der Waals surface area contributed by atoms with Crippen LogP contribution in [0.3, 0.4) is 0 Å². The van der Waals surface area contributed by atoms with E-state index in [-0.39, 0.29) is 23.1 Å². The van der Waals surface area contributed by atoms with Crippen molar-refractivity contribution in [1.82, 2.24) is 15.2 Å². The van der Waals surface area contributed by atoms with Gasteiger partial charge in [-0.1, -0.05) is 0 Å². The lowest BCUT2D eigenvalue weighted by Crippen LogP contribution is -2.38. The maximum atomic E-state index is 12.2. The number of amides is 1. The minimum Gasteiger partial charge on any atom is -0.468 e. The third-order valence-corrected chi connectivity index (χ3v) is 3.97. The highest BCUT2D eigenvalue weighted by Gasteiger charge is 2.26. The van der Waals surface area contributed by atoms with Crippen LogP contribution >= 0.6 is 0 Å². The fourth-order valence-corrected chi connectivity index (χ4v) is 2.83. The van der Waals surface area contributed by atoms with Gasteiger partial charge in [0.05, 0.1) is 12.3 Å². The monoisotopic (exact) mass is 301 g/mol. The van der Waals surface area contributed by atoms with Gasteiger partial charge in [0.2, 0.25) is 0 Å². The summed E-state index contributed by atoms with van der Waals surface area (Å²) in [6.07, 6.45) is 5.46. The Morgan fingerprint density at radius 1 is 1.32 bits per heavy atom. The molecule has 22 heavy (non-hydrogen) atoms. The molecule has 3 rings (SSSR count). The molecule has 0 aliphatic carbocycles. The first-order chi connectivity index (χ1) is 10.8. The van der Waals surface area contributed by atoms with E-state index in [9.17, 15) is 9.59 Å². The number of aromatic amines is 1. The summed E-state index contributed by atoms with van der Waals surface area (Å²) in [5.41, 5.74) is -0.252. The van der Waals surface area contributed by atoms with E-state index in [0.717, 1.165) is 31.7 Å². The Labute approximate surface area is 128 Å². The summed E-state index contributed by atoms with van der Waals surface area (Å²) in [5, 5.41) is 2.84. The lowest BCUT2D eigenvalue weighted by molar-refractivity contribution is 0.0932. The summed E-state index contributed by atoms with van der Waals surface area (Å²) >= 11 is 0. The molecule has 2 aromatic rings. The molecule has 0 radical (unpaired) electrons. The molecule has 2 aromatic heterocycles. The smallest absolute Gasteiger partial charge is 0.260 e. The van der Waals surface area contributed by atoms with E-state index >= 15 is 0 Å². The molecule has 1 fully saturated rings. The SMILES string of the molecule is O=C(NC[C@@H](c1ccco1)N1CCCC1)c1ccc[nH]c1=O. The second kappa shape index (κ2) is 6.62. The molecule has 1 saturated heterocycles. The Morgan fingerprint density at radius 2 is 2.14 bits per heavy atom. The van der Waals surface area contributed by atoms with Crippen molar-refractivity contribution in [2.75, 3.05) is 19.6 Å². The largest absolute Gasteiger partial charge is 0.468 e. The summed E-state index contributed by atoms with van der Waals surface area (Å²) in [6.45, 7) is 2.40. The summed E-state index contributed by atoms with van der Waals surface area (Å²) < 4.78 is 5.51. The first kappa shape index (κ1) is 14.6. The summed E-state index contributed by atoms with van der Waals surface area (Å²) in [6, 6.07) is 6.93. The molecule has 0 bridgehead atoms. The lowest BCUT2D eigenvalue weighted by atomic mass is 10.2. The minimum atomic E-state index is -0.379. The molecule has 0 aromatic carbocycles. The summed E-state index contributed by atoms with van der Waals surface area (Å²) in [5.74, 6) is 0.474. The highest BCUT2D eigenvalue weighted by atomic mass is 16.3. The van der Waals surface area contributed by atoms with E-state index in [4.69, 9.17) is 4.42 Å². The number of pyridine rings is 1. The quantitative estimate of drug-likeness (QED) is 0.878. The van der Waals surface area contributed by atoms with Crippen molar-refractivity contribution in [3.05, 3.63) is 58.4 Å². The van der Waals surface area contributed by atoms with E-state index in [2.05, 4.69) is 15.2 Å². The number of nitrogens with zero attached hydrogens (tertiary/aromatic N) is 1. The van der Waals surface area contributed by atoms with Gasteiger partial charge in [-0.3, -0.25) is 14.5 Å². The molecule has 116 valence electrons. The second-order valence-corrected chi connectivity index (χ2v) is 5.40. The number of rotatable bonds is 5. The van der Waals surface area contributed by atoms with Gasteiger partial charge in [0.15, 0.2) is 0 Å². The van der Waals surface area contributed by atoms with Crippen LogP contribution in [-0.2, 0) is 0 Å². The van der Waals surface area contributed by atoms with E-state index in [1.807, 2.05) is 12.1 Å². The second-order valence-electron chi connectivity index (χ2n) is 5.40. The Kier molecular flexibility index (Phi) is 4.39. The third-order valence-electron chi connectivity index (χ3n) is 3.97. The topological polar surface area (TPSA) is 78.3 Å². The van der Waals surface area contributed by atoms with Crippen molar-refractivity contribution < 1.29 is 9.21 Å². The number of carbonyl (C=O) groups is 1. The van der Waals surface area contributed by atoms with Crippen molar-refractivity contribution >= 4 is 5.91 Å². The van der Waals surface area contributed by atoms with Crippen LogP contribution in [0.4, 0.5) is 0 Å². The molecule has 0 saturated carbocycles. The van der Waals surface area contributed by atoms with Gasteiger partial charge in [-0.15, -0.1) is 0 Å². The van der Waals surface area contributed by atoms with Crippen LogP contribution in [0.1, 0.15) is 35.0 Å². The minimum absolute atomic E-state index is 0.00393. The number of furan rings is 1. The zero-order chi connectivity index (χ0) is 15.4. The van der Waals surface area contributed by atoms with Crippen molar-refractivity contribution in [1.29, 1.82) is 0 Å². The number of aromatic nitrogens is 1. The van der Waals surface area contributed by atoms with Crippen molar-refractivity contribution in [2.24, 2.45) is 0 Å². The number of likely N-dealkylation sites (tertiary alicyclic amines) is 1. The van der Waals surface area contributed by atoms with Crippen LogP contribution in [0.15, 0.2) is 45.9 Å². The number of hydrogen-bond donors (Lipinski definition) is 2. The third kappa shape index (κ3) is 3.12. The van der Waals surface area contributed by atoms with Gasteiger partial charge in [-0.25, -0.2) is 0 Å². The van der Waals surface area contributed by atoms with Crippen LogP contribution in [0.2, 0.25) is 0 Å². The Balaban J connectivity index is 1.70. The normalized spacial score (nSPS) is 16.5. The Hall–Kier alpha value is -2.34. The van der Waals surface area contributed by atoms with E-state index in [1.165, 1.54) is 12.3 Å². The highest BCUT2D eigenvalue weighted by Crippen LogP contribution is 2.24. The summed E-state index contributed by atoms with van der Waals surface area (Å²) in [7, 11) is 0. The van der Waals surface area contributed by atoms with Crippen molar-refractivity contribution in [2.45, 2.75) is 18.9 Å². The molecule has 0 unspecified atom stereocenters. The van der Waals surface area contributed by atoms with Crippen molar-refractivity contribution in [3.63, 3.8) is 0 Å². The lowest BCUT2D eigenvalue weighted by Gasteiger charge is -2.25. The molecular formula is C16H19N3O3. The van der Waals surface area contributed by atoms with E-state index in [1.54, 1.807) is 12.3 Å². The van der Waals surface area contributed by atoms with Crippen LogP contribution in [0, 0.1) is 0 Å². The molecule has 1 aliphatic heterocycles. The number of carbonyl (C=O) groups excluding carboxylic acids is 1. The molecule has 1 atom stereocenters. The van der Waals surface area contributed by atoms with Gasteiger partial charge in [0.25, 0.3) is 11.5 Å². The molecule has 2 N–H and O–H groups in total. The molecular weight excluding hydrogens is 282 g/mol. The average Bonchev–Trinajstić information content (AvgIpc) is 3.21. The van der Waals surface area contributed by atoms with Gasteiger partial charge in [0, 0.05) is 12.7 Å². The standard InChI is InChI=1S/C16H19N3O3/c20-15-12(5-3-7-17-15)16(21)18-11-13(14-6-4-10-22-14)19-8-1-2-9-19/h3-7,10,13H,1-2,8-9,11H2,(H,17,20)(H,18,21)/t13-/m0/s1. The van der Waals surface area contributed by atoms with Gasteiger partial charge < -0.3 is 14.7 Å².